The fourth-order valence-electron chi connectivity index (χ4n) is 3.50. The molecule has 7 heteroatoms. The molecule has 7 nitrogen and oxygen atoms in total. The smallest absolute Gasteiger partial charge is 0.273 e. The van der Waals surface area contributed by atoms with Gasteiger partial charge in [-0.15, -0.1) is 0 Å². The molecule has 0 radical (unpaired) electrons. The quantitative estimate of drug-likeness (QED) is 0.660. The van der Waals surface area contributed by atoms with E-state index in [9.17, 15) is 14.9 Å². The maximum absolute atomic E-state index is 12.1. The molecule has 124 valence electrons. The molecule has 2 saturated heterocycles. The van der Waals surface area contributed by atoms with Crippen LogP contribution in [-0.2, 0) is 4.79 Å². The van der Waals surface area contributed by atoms with Crippen LogP contribution in [0.3, 0.4) is 0 Å². The molecule has 0 aliphatic carbocycles. The number of carbonyl (C=O) groups is 1. The summed E-state index contributed by atoms with van der Waals surface area (Å²) in [5.74, 6) is 0.161. The van der Waals surface area contributed by atoms with Crippen molar-refractivity contribution in [3.05, 3.63) is 34.4 Å². The molecular weight excluding hydrogens is 298 g/mol. The van der Waals surface area contributed by atoms with Crippen LogP contribution in [0.2, 0.25) is 0 Å². The second-order valence-corrected chi connectivity index (χ2v) is 6.10. The highest BCUT2D eigenvalue weighted by atomic mass is 16.6. The van der Waals surface area contributed by atoms with Crippen LogP contribution in [0.1, 0.15) is 25.7 Å². The number of nitro benzene ring substituents is 1. The summed E-state index contributed by atoms with van der Waals surface area (Å²) >= 11 is 0. The number of fused-ring (bicyclic) bond motifs is 1. The molecule has 0 unspecified atom stereocenters. The summed E-state index contributed by atoms with van der Waals surface area (Å²) in [6.45, 7) is 2.05. The second-order valence-electron chi connectivity index (χ2n) is 6.10. The average Bonchev–Trinajstić information content (AvgIpc) is 2.96. The molecular formula is C16H21N3O4. The number of amides is 1. The first-order valence-corrected chi connectivity index (χ1v) is 8.04. The van der Waals surface area contributed by atoms with Gasteiger partial charge in [0.05, 0.1) is 11.0 Å². The molecule has 0 bridgehead atoms. The van der Waals surface area contributed by atoms with E-state index in [0.717, 1.165) is 25.9 Å². The van der Waals surface area contributed by atoms with E-state index in [4.69, 9.17) is 4.74 Å². The minimum absolute atomic E-state index is 0.0449. The number of nitrogens with zero attached hydrogens (tertiary/aromatic N) is 2. The average molecular weight is 319 g/mol. The van der Waals surface area contributed by atoms with Crippen molar-refractivity contribution in [1.82, 2.24) is 10.2 Å². The lowest BCUT2D eigenvalue weighted by molar-refractivity contribution is -0.384. The van der Waals surface area contributed by atoms with E-state index >= 15 is 0 Å². The fourth-order valence-corrected chi connectivity index (χ4v) is 3.50. The largest absolute Gasteiger partial charge is 0.484 e. The van der Waals surface area contributed by atoms with Gasteiger partial charge in [0, 0.05) is 24.7 Å². The molecule has 2 heterocycles. The van der Waals surface area contributed by atoms with Gasteiger partial charge >= 0.3 is 0 Å². The molecule has 0 aromatic heterocycles. The Hall–Kier alpha value is -2.15. The van der Waals surface area contributed by atoms with Gasteiger partial charge in [0.15, 0.2) is 6.61 Å². The molecule has 2 fully saturated rings. The lowest BCUT2D eigenvalue weighted by atomic mass is 9.99. The number of rotatable bonds is 5. The minimum Gasteiger partial charge on any atom is -0.484 e. The maximum atomic E-state index is 12.1. The van der Waals surface area contributed by atoms with Gasteiger partial charge in [-0.05, 0) is 31.9 Å². The first-order chi connectivity index (χ1) is 11.1. The van der Waals surface area contributed by atoms with E-state index in [1.54, 1.807) is 12.1 Å². The van der Waals surface area contributed by atoms with Crippen molar-refractivity contribution in [3.8, 4) is 5.75 Å². The Morgan fingerprint density at radius 1 is 1.35 bits per heavy atom. The van der Waals surface area contributed by atoms with Gasteiger partial charge in [-0.25, -0.2) is 0 Å². The van der Waals surface area contributed by atoms with Gasteiger partial charge in [-0.1, -0.05) is 12.5 Å². The predicted molar refractivity (Wildman–Crippen MR) is 84.4 cm³/mol. The van der Waals surface area contributed by atoms with Gasteiger partial charge < -0.3 is 10.1 Å². The summed E-state index contributed by atoms with van der Waals surface area (Å²) in [4.78, 5) is 24.8. The van der Waals surface area contributed by atoms with E-state index in [1.807, 2.05) is 0 Å². The van der Waals surface area contributed by atoms with Crippen LogP contribution >= 0.6 is 0 Å². The van der Waals surface area contributed by atoms with Crippen LogP contribution < -0.4 is 10.1 Å². The third-order valence-corrected chi connectivity index (χ3v) is 4.60. The highest BCUT2D eigenvalue weighted by Gasteiger charge is 2.36. The van der Waals surface area contributed by atoms with E-state index in [-0.39, 0.29) is 24.2 Å². The zero-order valence-electron chi connectivity index (χ0n) is 12.9. The van der Waals surface area contributed by atoms with Gasteiger partial charge in [0.25, 0.3) is 11.6 Å². The Bertz CT molecular complexity index is 592. The summed E-state index contributed by atoms with van der Waals surface area (Å²) in [5.41, 5.74) is -0.0449. The van der Waals surface area contributed by atoms with E-state index in [2.05, 4.69) is 10.2 Å². The van der Waals surface area contributed by atoms with Crippen molar-refractivity contribution in [2.24, 2.45) is 0 Å². The summed E-state index contributed by atoms with van der Waals surface area (Å²) in [6.07, 6.45) is 4.58. The minimum atomic E-state index is -0.483. The van der Waals surface area contributed by atoms with Gasteiger partial charge in [0.2, 0.25) is 0 Å². The van der Waals surface area contributed by atoms with E-state index < -0.39 is 4.92 Å². The Labute approximate surface area is 134 Å². The highest BCUT2D eigenvalue weighted by Crippen LogP contribution is 2.27. The molecule has 23 heavy (non-hydrogen) atoms. The molecule has 1 N–H and O–H groups in total. The Balaban J connectivity index is 1.50. The Kier molecular flexibility index (Phi) is 4.76. The molecule has 2 aliphatic rings. The van der Waals surface area contributed by atoms with Gasteiger partial charge in [-0.2, -0.15) is 0 Å². The first kappa shape index (κ1) is 15.7. The number of nitro groups is 1. The third kappa shape index (κ3) is 3.79. The number of hydrogen-bond acceptors (Lipinski definition) is 5. The number of hydrogen-bond donors (Lipinski definition) is 1. The van der Waals surface area contributed by atoms with Crippen molar-refractivity contribution in [3.63, 3.8) is 0 Å². The number of nitrogens with one attached hydrogen (secondary N) is 1. The zero-order valence-corrected chi connectivity index (χ0v) is 12.9. The normalized spacial score (nSPS) is 24.0. The number of non-ortho nitro benzene ring substituents is 1. The van der Waals surface area contributed by atoms with Crippen molar-refractivity contribution in [2.75, 3.05) is 19.7 Å². The SMILES string of the molecule is O=C(COc1cccc([N+](=O)[O-])c1)N[C@H]1CCN2CCCC[C@@H]12. The lowest BCUT2D eigenvalue weighted by Crippen LogP contribution is -2.47. The van der Waals surface area contributed by atoms with E-state index in [0.29, 0.717) is 11.8 Å². The van der Waals surface area contributed by atoms with Crippen LogP contribution in [0.4, 0.5) is 5.69 Å². The van der Waals surface area contributed by atoms with E-state index in [1.165, 1.54) is 25.0 Å². The van der Waals surface area contributed by atoms with Crippen LogP contribution in [0.5, 0.6) is 5.75 Å². The van der Waals surface area contributed by atoms with Crippen LogP contribution in [0.15, 0.2) is 24.3 Å². The number of piperidine rings is 1. The van der Waals surface area contributed by atoms with Crippen LogP contribution in [0.25, 0.3) is 0 Å². The van der Waals surface area contributed by atoms with Crippen molar-refractivity contribution in [1.29, 1.82) is 0 Å². The number of ether oxygens (including phenoxy) is 1. The molecule has 1 aromatic rings. The lowest BCUT2D eigenvalue weighted by Gasteiger charge is -2.32. The van der Waals surface area contributed by atoms with Crippen LogP contribution in [-0.4, -0.2) is 47.5 Å². The predicted octanol–water partition coefficient (Wildman–Crippen LogP) is 1.72. The summed E-state index contributed by atoms with van der Waals surface area (Å²) < 4.78 is 5.37. The monoisotopic (exact) mass is 319 g/mol. The number of benzene rings is 1. The Morgan fingerprint density at radius 3 is 3.04 bits per heavy atom. The summed E-state index contributed by atoms with van der Waals surface area (Å²) in [7, 11) is 0. The zero-order chi connectivity index (χ0) is 16.2. The third-order valence-electron chi connectivity index (χ3n) is 4.60. The summed E-state index contributed by atoms with van der Waals surface area (Å²) in [5, 5.41) is 13.8. The molecule has 3 rings (SSSR count). The topological polar surface area (TPSA) is 84.7 Å². The fraction of sp³-hybridized carbons (Fsp3) is 0.562. The molecule has 2 aliphatic heterocycles. The maximum Gasteiger partial charge on any atom is 0.273 e. The van der Waals surface area contributed by atoms with Crippen molar-refractivity contribution >= 4 is 11.6 Å². The van der Waals surface area contributed by atoms with Crippen LogP contribution in [0, 0.1) is 10.1 Å². The molecule has 2 atom stereocenters. The number of carbonyl (C=O) groups excluding carboxylic acids is 1. The van der Waals surface area contributed by atoms with Gasteiger partial charge in [-0.3, -0.25) is 19.8 Å². The molecule has 0 saturated carbocycles. The molecule has 0 spiro atoms. The molecule has 1 amide bonds. The van der Waals surface area contributed by atoms with Crippen molar-refractivity contribution < 1.29 is 14.5 Å². The Morgan fingerprint density at radius 2 is 2.22 bits per heavy atom. The second kappa shape index (κ2) is 6.95. The summed E-state index contributed by atoms with van der Waals surface area (Å²) in [6, 6.07) is 6.51. The van der Waals surface area contributed by atoms with Crippen molar-refractivity contribution in [2.45, 2.75) is 37.8 Å². The standard InChI is InChI=1S/C16H21N3O4/c20-16(11-23-13-5-3-4-12(10-13)19(21)22)17-14-7-9-18-8-2-1-6-15(14)18/h3-5,10,14-15H,1-2,6-9,11H2,(H,17,20)/t14-,15-/m0/s1. The molecule has 1 aromatic carbocycles. The first-order valence-electron chi connectivity index (χ1n) is 8.04. The van der Waals surface area contributed by atoms with Gasteiger partial charge in [0.1, 0.15) is 5.75 Å². The highest BCUT2D eigenvalue weighted by molar-refractivity contribution is 5.78.